The summed E-state index contributed by atoms with van der Waals surface area (Å²) in [5.41, 5.74) is -1.55. The van der Waals surface area contributed by atoms with Crippen LogP contribution in [0.1, 0.15) is 5.56 Å². The lowest BCUT2D eigenvalue weighted by atomic mass is 10.2. The molecule has 0 fully saturated rings. The first kappa shape index (κ1) is 15.3. The molecule has 0 aliphatic carbocycles. The summed E-state index contributed by atoms with van der Waals surface area (Å²) in [6, 6.07) is 6.05. The van der Waals surface area contributed by atoms with E-state index in [-0.39, 0.29) is 8.68 Å². The monoisotopic (exact) mass is 385 g/mol. The number of halogens is 4. The van der Waals surface area contributed by atoms with Crippen molar-refractivity contribution in [1.82, 2.24) is 0 Å². The molecule has 108 valence electrons. The summed E-state index contributed by atoms with van der Waals surface area (Å²) in [4.78, 5) is 0. The Morgan fingerprint density at radius 1 is 1.20 bits per heavy atom. The van der Waals surface area contributed by atoms with Crippen molar-refractivity contribution in [3.8, 4) is 0 Å². The Balaban J connectivity index is 2.45. The van der Waals surface area contributed by atoms with Crippen LogP contribution in [0.4, 0.5) is 18.9 Å². The van der Waals surface area contributed by atoms with Crippen LogP contribution in [0, 0.1) is 0 Å². The van der Waals surface area contributed by atoms with Crippen LogP contribution in [0.5, 0.6) is 0 Å². The molecule has 0 amide bonds. The molecule has 0 aliphatic heterocycles. The first-order chi connectivity index (χ1) is 9.20. The van der Waals surface area contributed by atoms with Gasteiger partial charge in [-0.3, -0.25) is 4.72 Å². The van der Waals surface area contributed by atoms with Crippen molar-refractivity contribution in [3.63, 3.8) is 0 Å². The number of rotatable bonds is 3. The third-order valence-electron chi connectivity index (χ3n) is 2.29. The van der Waals surface area contributed by atoms with Gasteiger partial charge in [0.2, 0.25) is 0 Å². The van der Waals surface area contributed by atoms with Gasteiger partial charge in [0, 0.05) is 4.47 Å². The lowest BCUT2D eigenvalue weighted by Gasteiger charge is -2.14. The summed E-state index contributed by atoms with van der Waals surface area (Å²) in [6.45, 7) is 0. The van der Waals surface area contributed by atoms with E-state index in [2.05, 4.69) is 15.9 Å². The van der Waals surface area contributed by atoms with Crippen LogP contribution in [0.3, 0.4) is 0 Å². The number of benzene rings is 1. The molecule has 0 unspecified atom stereocenters. The zero-order valence-corrected chi connectivity index (χ0v) is 12.8. The van der Waals surface area contributed by atoms with Gasteiger partial charge in [0.05, 0.1) is 11.3 Å². The average Bonchev–Trinajstić information content (AvgIpc) is 2.84. The highest BCUT2D eigenvalue weighted by atomic mass is 79.9. The van der Waals surface area contributed by atoms with Crippen molar-refractivity contribution in [2.75, 3.05) is 4.72 Å². The van der Waals surface area contributed by atoms with Crippen LogP contribution in [0.15, 0.2) is 44.4 Å². The topological polar surface area (TPSA) is 46.2 Å². The number of thiophene rings is 1. The predicted octanol–water partition coefficient (Wildman–Crippen LogP) is 4.33. The van der Waals surface area contributed by atoms with E-state index in [0.717, 1.165) is 23.5 Å². The van der Waals surface area contributed by atoms with Crippen LogP contribution in [0.2, 0.25) is 0 Å². The predicted molar refractivity (Wildman–Crippen MR) is 74.3 cm³/mol. The molecule has 1 N–H and O–H groups in total. The minimum absolute atomic E-state index is 0.0476. The number of sulfonamides is 1. The number of alkyl halides is 3. The molecule has 3 nitrogen and oxygen atoms in total. The van der Waals surface area contributed by atoms with Crippen LogP contribution in [0.25, 0.3) is 0 Å². The van der Waals surface area contributed by atoms with Gasteiger partial charge in [-0.05, 0) is 29.6 Å². The lowest BCUT2D eigenvalue weighted by molar-refractivity contribution is -0.136. The third kappa shape index (κ3) is 3.33. The lowest BCUT2D eigenvalue weighted by Crippen LogP contribution is -2.16. The van der Waals surface area contributed by atoms with Crippen molar-refractivity contribution < 1.29 is 21.6 Å². The highest BCUT2D eigenvalue weighted by Gasteiger charge is 2.35. The van der Waals surface area contributed by atoms with Gasteiger partial charge < -0.3 is 0 Å². The highest BCUT2D eigenvalue weighted by molar-refractivity contribution is 9.10. The Morgan fingerprint density at radius 2 is 1.90 bits per heavy atom. The summed E-state index contributed by atoms with van der Waals surface area (Å²) in [7, 11) is -4.01. The second-order valence-corrected chi connectivity index (χ2v) is 7.50. The molecular weight excluding hydrogens is 379 g/mol. The number of anilines is 1. The number of hydrogen-bond acceptors (Lipinski definition) is 3. The molecule has 0 saturated carbocycles. The van der Waals surface area contributed by atoms with Gasteiger partial charge in [-0.25, -0.2) is 8.42 Å². The van der Waals surface area contributed by atoms with Crippen LogP contribution < -0.4 is 4.72 Å². The van der Waals surface area contributed by atoms with E-state index in [0.29, 0.717) is 0 Å². The van der Waals surface area contributed by atoms with Crippen LogP contribution in [-0.2, 0) is 16.2 Å². The molecule has 0 atom stereocenters. The van der Waals surface area contributed by atoms with E-state index < -0.39 is 27.5 Å². The number of nitrogens with one attached hydrogen (secondary N) is 1. The molecule has 1 heterocycles. The maximum atomic E-state index is 12.9. The second kappa shape index (κ2) is 5.38. The van der Waals surface area contributed by atoms with Gasteiger partial charge in [0.1, 0.15) is 4.21 Å². The molecule has 2 aromatic rings. The Labute approximate surface area is 125 Å². The first-order valence-corrected chi connectivity index (χ1v) is 8.29. The second-order valence-electron chi connectivity index (χ2n) is 3.73. The third-order valence-corrected chi connectivity index (χ3v) is 5.55. The first-order valence-electron chi connectivity index (χ1n) is 5.13. The Bertz CT molecular complexity index is 712. The molecule has 2 rings (SSSR count). The largest absolute Gasteiger partial charge is 0.418 e. The van der Waals surface area contributed by atoms with Gasteiger partial charge in [-0.1, -0.05) is 22.0 Å². The van der Waals surface area contributed by atoms with Gasteiger partial charge in [-0.15, -0.1) is 11.3 Å². The normalized spacial score (nSPS) is 12.4. The van der Waals surface area contributed by atoms with E-state index in [1.54, 1.807) is 0 Å². The van der Waals surface area contributed by atoms with Gasteiger partial charge in [0.25, 0.3) is 10.0 Å². The molecule has 1 aromatic carbocycles. The summed E-state index contributed by atoms with van der Waals surface area (Å²) in [5.74, 6) is 0. The molecule has 0 bridgehead atoms. The molecule has 0 radical (unpaired) electrons. The molecular formula is C11H7BrF3NO2S2. The average molecular weight is 386 g/mol. The quantitative estimate of drug-likeness (QED) is 0.854. The molecule has 0 spiro atoms. The Morgan fingerprint density at radius 3 is 2.45 bits per heavy atom. The van der Waals surface area contributed by atoms with E-state index in [1.807, 2.05) is 4.72 Å². The Kier molecular flexibility index (Phi) is 4.12. The van der Waals surface area contributed by atoms with Crippen LogP contribution >= 0.6 is 27.3 Å². The highest BCUT2D eigenvalue weighted by Crippen LogP contribution is 2.37. The maximum absolute atomic E-state index is 12.9. The SMILES string of the molecule is O=S(=O)(Nc1ccc(Br)cc1C(F)(F)F)c1cccs1. The summed E-state index contributed by atoms with van der Waals surface area (Å²) < 4.78 is 64.7. The molecule has 20 heavy (non-hydrogen) atoms. The molecule has 0 aliphatic rings. The van der Waals surface area contributed by atoms with Crippen molar-refractivity contribution >= 4 is 43.0 Å². The van der Waals surface area contributed by atoms with Crippen molar-refractivity contribution in [2.24, 2.45) is 0 Å². The summed E-state index contributed by atoms with van der Waals surface area (Å²) in [5, 5.41) is 1.53. The van der Waals surface area contributed by atoms with Gasteiger partial charge in [0.15, 0.2) is 0 Å². The molecule has 9 heteroatoms. The maximum Gasteiger partial charge on any atom is 0.418 e. The fourth-order valence-electron chi connectivity index (χ4n) is 1.45. The van der Waals surface area contributed by atoms with E-state index in [4.69, 9.17) is 0 Å². The minimum atomic E-state index is -4.66. The number of hydrogen-bond donors (Lipinski definition) is 1. The fraction of sp³-hybridized carbons (Fsp3) is 0.0909. The molecule has 1 aromatic heterocycles. The zero-order chi connectivity index (χ0) is 15.0. The van der Waals surface area contributed by atoms with Crippen LogP contribution in [-0.4, -0.2) is 8.42 Å². The summed E-state index contributed by atoms with van der Waals surface area (Å²) >= 11 is 3.86. The molecule has 0 saturated heterocycles. The Hall–Kier alpha value is -1.06. The summed E-state index contributed by atoms with van der Waals surface area (Å²) in [6.07, 6.45) is -4.66. The van der Waals surface area contributed by atoms with Crippen molar-refractivity contribution in [3.05, 3.63) is 45.7 Å². The van der Waals surface area contributed by atoms with Crippen molar-refractivity contribution in [2.45, 2.75) is 10.4 Å². The fourth-order valence-corrected chi connectivity index (χ4v) is 3.89. The van der Waals surface area contributed by atoms with Gasteiger partial charge >= 0.3 is 6.18 Å². The van der Waals surface area contributed by atoms with Gasteiger partial charge in [-0.2, -0.15) is 13.2 Å². The smallest absolute Gasteiger partial charge is 0.278 e. The van der Waals surface area contributed by atoms with E-state index in [1.165, 1.54) is 23.6 Å². The standard InChI is InChI=1S/C11H7BrF3NO2S2/c12-7-3-4-9(8(6-7)11(13,14)15)16-20(17,18)10-2-1-5-19-10/h1-6,16H. The van der Waals surface area contributed by atoms with E-state index in [9.17, 15) is 21.6 Å². The van der Waals surface area contributed by atoms with Crippen molar-refractivity contribution in [1.29, 1.82) is 0 Å². The zero-order valence-electron chi connectivity index (χ0n) is 9.61. The minimum Gasteiger partial charge on any atom is -0.278 e. The van der Waals surface area contributed by atoms with E-state index >= 15 is 0 Å².